The highest BCUT2D eigenvalue weighted by Gasteiger charge is 2.11. The van der Waals surface area contributed by atoms with Crippen LogP contribution in [0, 0.1) is 16.9 Å². The molecule has 1 heterocycles. The Balaban J connectivity index is 2.35. The van der Waals surface area contributed by atoms with Crippen molar-refractivity contribution in [1.29, 1.82) is 10.7 Å². The molecule has 0 aliphatic heterocycles. The average molecular weight is 328 g/mol. The lowest BCUT2D eigenvalue weighted by Crippen LogP contribution is -2.37. The zero-order chi connectivity index (χ0) is 15.7. The lowest BCUT2D eigenvalue weighted by Gasteiger charge is -2.11. The van der Waals surface area contributed by atoms with Crippen LogP contribution in [0.2, 0.25) is 0 Å². The lowest BCUT2D eigenvalue weighted by atomic mass is 10.6. The van der Waals surface area contributed by atoms with E-state index in [0.29, 0.717) is 34.8 Å². The average Bonchev–Trinajstić information content (AvgIpc) is 2.83. The SMILES string of the molecule is CN/C(=N/C#N)NCC[S+]([O-])Cc1csc(NC(=N)N)n1. The van der Waals surface area contributed by atoms with E-state index in [1.54, 1.807) is 18.6 Å². The minimum absolute atomic E-state index is 0.183. The van der Waals surface area contributed by atoms with E-state index >= 15 is 0 Å². The number of nitrogens with one attached hydrogen (secondary N) is 4. The van der Waals surface area contributed by atoms with Crippen molar-refractivity contribution in [1.82, 2.24) is 15.6 Å². The predicted octanol–water partition coefficient (Wildman–Crippen LogP) is -0.657. The molecule has 0 aliphatic carbocycles. The minimum Gasteiger partial charge on any atom is -0.616 e. The Bertz CT molecular complexity index is 537. The summed E-state index contributed by atoms with van der Waals surface area (Å²) in [5.74, 6) is 0.884. The summed E-state index contributed by atoms with van der Waals surface area (Å²) in [5, 5.41) is 26.0. The molecule has 1 atom stereocenters. The zero-order valence-electron chi connectivity index (χ0n) is 11.3. The molecule has 0 amide bonds. The van der Waals surface area contributed by atoms with Crippen LogP contribution in [0.15, 0.2) is 10.4 Å². The number of guanidine groups is 2. The molecule has 0 aromatic carbocycles. The predicted molar refractivity (Wildman–Crippen MR) is 84.5 cm³/mol. The second-order valence-corrected chi connectivity index (χ2v) is 6.14. The van der Waals surface area contributed by atoms with Gasteiger partial charge in [-0.25, -0.2) is 4.98 Å². The summed E-state index contributed by atoms with van der Waals surface area (Å²) in [4.78, 5) is 7.68. The molecule has 0 radical (unpaired) electrons. The van der Waals surface area contributed by atoms with Gasteiger partial charge in [0.05, 0.1) is 6.54 Å². The van der Waals surface area contributed by atoms with Crippen LogP contribution < -0.4 is 21.7 Å². The summed E-state index contributed by atoms with van der Waals surface area (Å²) in [6.07, 6.45) is 1.66. The molecule has 0 fully saturated rings. The number of rotatable bonds is 6. The molecule has 1 unspecified atom stereocenters. The highest BCUT2D eigenvalue weighted by Crippen LogP contribution is 2.16. The number of nitrogens with zero attached hydrogens (tertiary/aromatic N) is 3. The van der Waals surface area contributed by atoms with Gasteiger partial charge in [0.1, 0.15) is 17.2 Å². The number of hydrogen-bond acceptors (Lipinski definition) is 6. The van der Waals surface area contributed by atoms with Crippen molar-refractivity contribution in [3.05, 3.63) is 11.1 Å². The number of hydrogen-bond donors (Lipinski definition) is 5. The topological polar surface area (TPSA) is 158 Å². The molecule has 9 nitrogen and oxygen atoms in total. The van der Waals surface area contributed by atoms with E-state index in [9.17, 15) is 4.55 Å². The maximum Gasteiger partial charge on any atom is 0.209 e. The minimum atomic E-state index is -1.09. The number of nitriles is 1. The summed E-state index contributed by atoms with van der Waals surface area (Å²) < 4.78 is 11.9. The van der Waals surface area contributed by atoms with Gasteiger partial charge in [-0.05, 0) is 11.2 Å². The van der Waals surface area contributed by atoms with Gasteiger partial charge in [-0.1, -0.05) is 0 Å². The highest BCUT2D eigenvalue weighted by molar-refractivity contribution is 7.90. The van der Waals surface area contributed by atoms with Gasteiger partial charge >= 0.3 is 0 Å². The van der Waals surface area contributed by atoms with Crippen molar-refractivity contribution >= 4 is 39.6 Å². The van der Waals surface area contributed by atoms with E-state index in [0.717, 1.165) is 0 Å². The standard InChI is InChI=1S/C10H16N8OS2/c1-14-9(16-6-11)15-2-3-21(19)5-7-4-20-10(17-7)18-8(12)13/h4H,2-3,5H2,1H3,(H2,14,15,16)(H4,12,13,17,18). The lowest BCUT2D eigenvalue weighted by molar-refractivity contribution is 0.592. The van der Waals surface area contributed by atoms with Crippen molar-refractivity contribution < 1.29 is 4.55 Å². The van der Waals surface area contributed by atoms with Crippen LogP contribution in [0.1, 0.15) is 5.69 Å². The Hall–Kier alpha value is -2.03. The smallest absolute Gasteiger partial charge is 0.209 e. The van der Waals surface area contributed by atoms with Gasteiger partial charge in [-0.2, -0.15) is 5.26 Å². The number of aromatic nitrogens is 1. The third-order valence-electron chi connectivity index (χ3n) is 2.12. The van der Waals surface area contributed by atoms with Crippen LogP contribution in [0.3, 0.4) is 0 Å². The Morgan fingerprint density at radius 1 is 1.71 bits per heavy atom. The normalized spacial score (nSPS) is 12.3. The van der Waals surface area contributed by atoms with Crippen molar-refractivity contribution in [2.75, 3.05) is 24.7 Å². The van der Waals surface area contributed by atoms with Crippen molar-refractivity contribution in [2.45, 2.75) is 5.75 Å². The monoisotopic (exact) mass is 328 g/mol. The van der Waals surface area contributed by atoms with Crippen molar-refractivity contribution in [3.8, 4) is 6.19 Å². The first-order valence-corrected chi connectivity index (χ1v) is 8.20. The summed E-state index contributed by atoms with van der Waals surface area (Å²) in [6.45, 7) is 0.427. The molecule has 0 bridgehead atoms. The van der Waals surface area contributed by atoms with Crippen molar-refractivity contribution in [3.63, 3.8) is 0 Å². The maximum atomic E-state index is 11.9. The highest BCUT2D eigenvalue weighted by atomic mass is 32.2. The number of anilines is 1. The first kappa shape index (κ1) is 17.0. The van der Waals surface area contributed by atoms with E-state index in [1.807, 2.05) is 0 Å². The molecule has 0 saturated carbocycles. The van der Waals surface area contributed by atoms with Crippen LogP contribution in [0.4, 0.5) is 5.13 Å². The van der Waals surface area contributed by atoms with E-state index < -0.39 is 11.2 Å². The van der Waals surface area contributed by atoms with Crippen molar-refractivity contribution in [2.24, 2.45) is 10.7 Å². The maximum absolute atomic E-state index is 11.9. The van der Waals surface area contributed by atoms with Gasteiger partial charge in [0.25, 0.3) is 0 Å². The molecule has 11 heteroatoms. The second-order valence-electron chi connectivity index (χ2n) is 3.71. The van der Waals surface area contributed by atoms with Crippen LogP contribution in [-0.4, -0.2) is 40.8 Å². The molecule has 1 rings (SSSR count). The number of aliphatic imine (C=N–C) groups is 1. The van der Waals surface area contributed by atoms with E-state index in [1.165, 1.54) is 11.3 Å². The summed E-state index contributed by atoms with van der Waals surface area (Å²) in [7, 11) is 1.64. The van der Waals surface area contributed by atoms with E-state index in [4.69, 9.17) is 16.4 Å². The molecule has 1 aromatic rings. The molecular weight excluding hydrogens is 312 g/mol. The molecule has 0 saturated heterocycles. The third kappa shape index (κ3) is 6.80. The number of nitrogens with two attached hydrogens (primary N) is 1. The fraction of sp³-hybridized carbons (Fsp3) is 0.400. The fourth-order valence-electron chi connectivity index (χ4n) is 1.30. The molecule has 1 aromatic heterocycles. The Kier molecular flexibility index (Phi) is 7.30. The van der Waals surface area contributed by atoms with Gasteiger partial charge in [0, 0.05) is 12.4 Å². The van der Waals surface area contributed by atoms with Crippen LogP contribution >= 0.6 is 11.3 Å². The molecule has 114 valence electrons. The summed E-state index contributed by atoms with van der Waals surface area (Å²) >= 11 is 0.211. The third-order valence-corrected chi connectivity index (χ3v) is 4.21. The molecule has 6 N–H and O–H groups in total. The molecule has 0 aliphatic rings. The molecular formula is C10H16N8OS2. The summed E-state index contributed by atoms with van der Waals surface area (Å²) in [5.41, 5.74) is 5.88. The zero-order valence-corrected chi connectivity index (χ0v) is 13.0. The summed E-state index contributed by atoms with van der Waals surface area (Å²) in [6, 6.07) is 0. The van der Waals surface area contributed by atoms with Gasteiger partial charge in [0.2, 0.25) is 12.2 Å². The first-order chi connectivity index (χ1) is 10.0. The van der Waals surface area contributed by atoms with E-state index in [2.05, 4.69) is 25.9 Å². The van der Waals surface area contributed by atoms with E-state index in [-0.39, 0.29) is 5.96 Å². The quantitative estimate of drug-likeness (QED) is 0.201. The van der Waals surface area contributed by atoms with Crippen LogP contribution in [-0.2, 0) is 16.9 Å². The van der Waals surface area contributed by atoms with Gasteiger partial charge in [0.15, 0.2) is 11.1 Å². The Morgan fingerprint density at radius 2 is 2.48 bits per heavy atom. The van der Waals surface area contributed by atoms with Crippen LogP contribution in [0.5, 0.6) is 0 Å². The van der Waals surface area contributed by atoms with Gasteiger partial charge in [-0.15, -0.1) is 16.3 Å². The Morgan fingerprint density at radius 3 is 3.10 bits per heavy atom. The Labute approximate surface area is 129 Å². The fourth-order valence-corrected chi connectivity index (χ4v) is 3.08. The molecule has 21 heavy (non-hydrogen) atoms. The second kappa shape index (κ2) is 9.01. The van der Waals surface area contributed by atoms with Crippen LogP contribution in [0.25, 0.3) is 0 Å². The largest absolute Gasteiger partial charge is 0.616 e. The molecule has 0 spiro atoms. The van der Waals surface area contributed by atoms with Gasteiger partial charge in [-0.3, -0.25) is 5.41 Å². The first-order valence-electron chi connectivity index (χ1n) is 5.84. The number of thiazole rings is 1. The van der Waals surface area contributed by atoms with Gasteiger partial charge < -0.3 is 26.2 Å².